The minimum Gasteiger partial charge on any atom is -0.389 e. The van der Waals surface area contributed by atoms with Gasteiger partial charge in [0.15, 0.2) is 5.69 Å². The third kappa shape index (κ3) is 4.24. The van der Waals surface area contributed by atoms with Gasteiger partial charge in [0, 0.05) is 18.0 Å². The highest BCUT2D eigenvalue weighted by Gasteiger charge is 2.17. The molecule has 28 heavy (non-hydrogen) atoms. The van der Waals surface area contributed by atoms with E-state index in [4.69, 9.17) is 4.74 Å². The number of fused-ring (bicyclic) bond motifs is 1. The quantitative estimate of drug-likeness (QED) is 0.643. The van der Waals surface area contributed by atoms with Crippen molar-refractivity contribution < 1.29 is 19.0 Å². The van der Waals surface area contributed by atoms with E-state index in [-0.39, 0.29) is 31.3 Å². The van der Waals surface area contributed by atoms with Crippen molar-refractivity contribution in [1.29, 1.82) is 0 Å². The van der Waals surface area contributed by atoms with E-state index in [1.807, 2.05) is 0 Å². The minimum absolute atomic E-state index is 0.00667. The molecule has 1 amide bonds. The molecule has 1 aromatic heterocycles. The summed E-state index contributed by atoms with van der Waals surface area (Å²) in [6.45, 7) is -0.289. The maximum atomic E-state index is 13.6. The Kier molecular flexibility index (Phi) is 6.13. The molecule has 0 spiro atoms. The summed E-state index contributed by atoms with van der Waals surface area (Å²) in [7, 11) is 1.47. The number of ether oxygens (including phenoxy) is 1. The van der Waals surface area contributed by atoms with Crippen molar-refractivity contribution in [2.24, 2.45) is 0 Å². The number of halogens is 1. The van der Waals surface area contributed by atoms with E-state index in [1.54, 1.807) is 42.5 Å². The first kappa shape index (κ1) is 19.7. The van der Waals surface area contributed by atoms with Crippen molar-refractivity contribution in [3.05, 3.63) is 76.0 Å². The van der Waals surface area contributed by atoms with Crippen LogP contribution in [-0.2, 0) is 17.9 Å². The molecule has 1 heterocycles. The van der Waals surface area contributed by atoms with Crippen molar-refractivity contribution in [3.63, 3.8) is 0 Å². The largest absolute Gasteiger partial charge is 0.389 e. The summed E-state index contributed by atoms with van der Waals surface area (Å²) in [5.41, 5.74) is 0.0474. The lowest BCUT2D eigenvalue weighted by Crippen LogP contribution is -2.34. The molecule has 1 atom stereocenters. The molecule has 0 bridgehead atoms. The van der Waals surface area contributed by atoms with Gasteiger partial charge < -0.3 is 15.2 Å². The number of amides is 1. The second-order valence-electron chi connectivity index (χ2n) is 6.22. The van der Waals surface area contributed by atoms with Crippen LogP contribution < -0.4 is 10.9 Å². The summed E-state index contributed by atoms with van der Waals surface area (Å²) in [5, 5.41) is 17.6. The Morgan fingerprint density at radius 1 is 1.21 bits per heavy atom. The van der Waals surface area contributed by atoms with Gasteiger partial charge in [-0.15, -0.1) is 0 Å². The summed E-state index contributed by atoms with van der Waals surface area (Å²) >= 11 is 0. The molecular weight excluding hydrogens is 365 g/mol. The molecule has 1 unspecified atom stereocenters. The first-order valence-corrected chi connectivity index (χ1v) is 8.72. The molecule has 3 aromatic rings. The van der Waals surface area contributed by atoms with Crippen LogP contribution in [0.1, 0.15) is 16.1 Å². The van der Waals surface area contributed by atoms with Crippen LogP contribution in [0.2, 0.25) is 0 Å². The molecule has 146 valence electrons. The predicted molar refractivity (Wildman–Crippen MR) is 101 cm³/mol. The number of carbonyl (C=O) groups excluding carboxylic acids is 1. The number of nitrogens with one attached hydrogen (secondary N) is 1. The van der Waals surface area contributed by atoms with E-state index in [1.165, 1.54) is 13.1 Å². The molecular formula is C20H20FN3O4. The van der Waals surface area contributed by atoms with Crippen LogP contribution in [0.4, 0.5) is 4.39 Å². The number of aliphatic hydroxyl groups is 1. The van der Waals surface area contributed by atoms with E-state index in [0.717, 1.165) is 4.68 Å². The number of aliphatic hydroxyl groups excluding tert-OH is 1. The molecule has 0 saturated heterocycles. The smallest absolute Gasteiger partial charge is 0.274 e. The fraction of sp³-hybridized carbons (Fsp3) is 0.250. The number of carbonyl (C=O) groups is 1. The Labute approximate surface area is 160 Å². The van der Waals surface area contributed by atoms with Gasteiger partial charge in [0.25, 0.3) is 11.5 Å². The summed E-state index contributed by atoms with van der Waals surface area (Å²) in [5.74, 6) is -0.824. The van der Waals surface area contributed by atoms with E-state index in [0.29, 0.717) is 16.3 Å². The molecule has 0 saturated carbocycles. The first-order chi connectivity index (χ1) is 13.5. The first-order valence-electron chi connectivity index (χ1n) is 8.72. The molecule has 0 radical (unpaired) electrons. The van der Waals surface area contributed by atoms with E-state index in [9.17, 15) is 19.1 Å². The van der Waals surface area contributed by atoms with Gasteiger partial charge in [-0.1, -0.05) is 36.4 Å². The topological polar surface area (TPSA) is 93.5 Å². The SMILES string of the molecule is CNC(=O)c1nn(CC(O)COCc2ccccc2F)c(=O)c2ccccc12. The summed E-state index contributed by atoms with van der Waals surface area (Å²) in [6.07, 6.45) is -1.06. The van der Waals surface area contributed by atoms with Gasteiger partial charge in [0.1, 0.15) is 5.82 Å². The van der Waals surface area contributed by atoms with Gasteiger partial charge in [-0.25, -0.2) is 9.07 Å². The highest BCUT2D eigenvalue weighted by Crippen LogP contribution is 2.13. The van der Waals surface area contributed by atoms with Gasteiger partial charge >= 0.3 is 0 Å². The van der Waals surface area contributed by atoms with Crippen LogP contribution in [0.5, 0.6) is 0 Å². The highest BCUT2D eigenvalue weighted by molar-refractivity contribution is 6.04. The van der Waals surface area contributed by atoms with Gasteiger partial charge in [0.2, 0.25) is 0 Å². The zero-order valence-corrected chi connectivity index (χ0v) is 15.3. The van der Waals surface area contributed by atoms with Crippen molar-refractivity contribution in [2.45, 2.75) is 19.3 Å². The molecule has 2 aromatic carbocycles. The Hall–Kier alpha value is -3.10. The Balaban J connectivity index is 1.76. The van der Waals surface area contributed by atoms with Crippen molar-refractivity contribution in [2.75, 3.05) is 13.7 Å². The monoisotopic (exact) mass is 385 g/mol. The molecule has 0 fully saturated rings. The lowest BCUT2D eigenvalue weighted by molar-refractivity contribution is 0.0171. The number of hydrogen-bond acceptors (Lipinski definition) is 5. The van der Waals surface area contributed by atoms with Crippen LogP contribution in [0.15, 0.2) is 53.3 Å². The van der Waals surface area contributed by atoms with E-state index >= 15 is 0 Å². The predicted octanol–water partition coefficient (Wildman–Crippen LogP) is 1.47. The normalized spacial score (nSPS) is 12.1. The minimum atomic E-state index is -1.06. The van der Waals surface area contributed by atoms with Gasteiger partial charge in [-0.05, 0) is 12.1 Å². The molecule has 2 N–H and O–H groups in total. The second-order valence-corrected chi connectivity index (χ2v) is 6.22. The van der Waals surface area contributed by atoms with Crippen molar-refractivity contribution in [1.82, 2.24) is 15.1 Å². The number of rotatable bonds is 7. The number of aromatic nitrogens is 2. The third-order valence-corrected chi connectivity index (χ3v) is 4.22. The van der Waals surface area contributed by atoms with Crippen LogP contribution in [0.3, 0.4) is 0 Å². The van der Waals surface area contributed by atoms with Gasteiger partial charge in [-0.2, -0.15) is 5.10 Å². The maximum absolute atomic E-state index is 13.6. The molecule has 7 nitrogen and oxygen atoms in total. The fourth-order valence-corrected chi connectivity index (χ4v) is 2.82. The van der Waals surface area contributed by atoms with Crippen molar-refractivity contribution in [3.8, 4) is 0 Å². The zero-order chi connectivity index (χ0) is 20.1. The molecule has 3 rings (SSSR count). The third-order valence-electron chi connectivity index (χ3n) is 4.22. The van der Waals surface area contributed by atoms with Crippen LogP contribution in [-0.4, -0.2) is 40.6 Å². The van der Waals surface area contributed by atoms with Crippen molar-refractivity contribution >= 4 is 16.7 Å². The highest BCUT2D eigenvalue weighted by atomic mass is 19.1. The lowest BCUT2D eigenvalue weighted by atomic mass is 10.1. The summed E-state index contributed by atoms with van der Waals surface area (Å²) < 4.78 is 20.0. The van der Waals surface area contributed by atoms with Gasteiger partial charge in [-0.3, -0.25) is 9.59 Å². The summed E-state index contributed by atoms with van der Waals surface area (Å²) in [4.78, 5) is 24.8. The fourth-order valence-electron chi connectivity index (χ4n) is 2.82. The van der Waals surface area contributed by atoms with Crippen LogP contribution in [0.25, 0.3) is 10.8 Å². The van der Waals surface area contributed by atoms with E-state index in [2.05, 4.69) is 10.4 Å². The molecule has 8 heteroatoms. The van der Waals surface area contributed by atoms with Crippen LogP contribution in [0, 0.1) is 5.82 Å². The lowest BCUT2D eigenvalue weighted by Gasteiger charge is -2.14. The second kappa shape index (κ2) is 8.73. The average Bonchev–Trinajstić information content (AvgIpc) is 2.71. The molecule has 0 aliphatic heterocycles. The Bertz CT molecular complexity index is 1050. The average molecular weight is 385 g/mol. The Morgan fingerprint density at radius 2 is 1.89 bits per heavy atom. The number of nitrogens with zero attached hydrogens (tertiary/aromatic N) is 2. The van der Waals surface area contributed by atoms with Gasteiger partial charge in [0.05, 0.1) is 31.2 Å². The number of benzene rings is 2. The Morgan fingerprint density at radius 3 is 2.61 bits per heavy atom. The summed E-state index contributed by atoms with van der Waals surface area (Å²) in [6, 6.07) is 12.8. The maximum Gasteiger partial charge on any atom is 0.274 e. The molecule has 0 aliphatic rings. The standard InChI is InChI=1S/C20H20FN3O4/c1-22-19(26)18-15-7-3-4-8-16(15)20(27)24(23-18)10-14(25)12-28-11-13-6-2-5-9-17(13)21/h2-9,14,25H,10-12H2,1H3,(H,22,26). The van der Waals surface area contributed by atoms with Crippen LogP contribution >= 0.6 is 0 Å². The van der Waals surface area contributed by atoms with E-state index < -0.39 is 17.6 Å². The number of hydrogen-bond donors (Lipinski definition) is 2. The molecule has 0 aliphatic carbocycles. The zero-order valence-electron chi connectivity index (χ0n) is 15.3.